The van der Waals surface area contributed by atoms with E-state index in [0.717, 1.165) is 11.1 Å². The van der Waals surface area contributed by atoms with Crippen LogP contribution in [0, 0.1) is 6.92 Å². The van der Waals surface area contributed by atoms with Crippen LogP contribution in [0.25, 0.3) is 0 Å². The van der Waals surface area contributed by atoms with Gasteiger partial charge in [-0.25, -0.2) is 9.59 Å². The number of carbonyl (C=O) groups excluding carboxylic acids is 3. The molecule has 0 bridgehead atoms. The molecule has 0 spiro atoms. The summed E-state index contributed by atoms with van der Waals surface area (Å²) in [4.78, 5) is 44.2. The molecule has 2 unspecified atom stereocenters. The van der Waals surface area contributed by atoms with Crippen molar-refractivity contribution in [3.63, 3.8) is 0 Å². The van der Waals surface area contributed by atoms with Crippen LogP contribution in [0.4, 0.5) is 4.79 Å². The lowest BCUT2D eigenvalue weighted by Crippen LogP contribution is -2.57. The molecule has 186 valence electrons. The number of rotatable bonds is 8. The van der Waals surface area contributed by atoms with E-state index in [1.54, 1.807) is 11.8 Å². The predicted octanol–water partition coefficient (Wildman–Crippen LogP) is 2.08. The zero-order valence-electron chi connectivity index (χ0n) is 20.8. The number of amides is 3. The van der Waals surface area contributed by atoms with Crippen molar-refractivity contribution in [2.24, 2.45) is 0 Å². The molecular weight excluding hydrogens is 436 g/mol. The third-order valence-corrected chi connectivity index (χ3v) is 6.33. The van der Waals surface area contributed by atoms with E-state index in [2.05, 4.69) is 10.2 Å². The van der Waals surface area contributed by atoms with Crippen LogP contribution in [0.2, 0.25) is 0 Å². The molecule has 0 aromatic heterocycles. The van der Waals surface area contributed by atoms with Crippen LogP contribution in [0.1, 0.15) is 37.9 Å². The second-order valence-electron chi connectivity index (χ2n) is 8.72. The number of methoxy groups -OCH3 is 1. The summed E-state index contributed by atoms with van der Waals surface area (Å²) in [7, 11) is 1.51. The largest absolute Gasteiger partial charge is 0.463 e. The van der Waals surface area contributed by atoms with E-state index in [4.69, 9.17) is 9.47 Å². The van der Waals surface area contributed by atoms with Crippen LogP contribution in [0.3, 0.4) is 0 Å². The van der Waals surface area contributed by atoms with Crippen molar-refractivity contribution in [1.82, 2.24) is 20.0 Å². The number of hydrogen-bond donors (Lipinski definition) is 1. The molecule has 0 saturated carbocycles. The molecule has 2 atom stereocenters. The van der Waals surface area contributed by atoms with Gasteiger partial charge in [0.25, 0.3) is 0 Å². The number of hydrogen-bond acceptors (Lipinski definition) is 6. The zero-order chi connectivity index (χ0) is 24.8. The van der Waals surface area contributed by atoms with Gasteiger partial charge in [0, 0.05) is 51.6 Å². The van der Waals surface area contributed by atoms with Crippen LogP contribution >= 0.6 is 0 Å². The summed E-state index contributed by atoms with van der Waals surface area (Å²) in [5.41, 5.74) is 3.04. The summed E-state index contributed by atoms with van der Waals surface area (Å²) in [6.45, 7) is 10.6. The number of urea groups is 1. The molecule has 0 radical (unpaired) electrons. The highest BCUT2D eigenvalue weighted by atomic mass is 16.5. The van der Waals surface area contributed by atoms with Crippen molar-refractivity contribution in [3.05, 3.63) is 46.7 Å². The minimum absolute atomic E-state index is 0.0107. The molecule has 1 aromatic carbocycles. The number of esters is 1. The standard InChI is InChI=1S/C25H36N4O5/c1-6-28-20(15-27-12-13-29(18(4)14-27)21(30)16-33-5)22(24(31)34-7-2)23(26-25(28)32)19-10-8-17(3)9-11-19/h8-11,18,23H,6-7,12-16H2,1-5H3,(H,26,32). The van der Waals surface area contributed by atoms with Crippen molar-refractivity contribution in [1.29, 1.82) is 0 Å². The topological polar surface area (TPSA) is 91.4 Å². The molecule has 2 aliphatic rings. The summed E-state index contributed by atoms with van der Waals surface area (Å²) in [6.07, 6.45) is 0. The Morgan fingerprint density at radius 1 is 1.15 bits per heavy atom. The predicted molar refractivity (Wildman–Crippen MR) is 128 cm³/mol. The van der Waals surface area contributed by atoms with E-state index < -0.39 is 12.0 Å². The second-order valence-corrected chi connectivity index (χ2v) is 8.72. The summed E-state index contributed by atoms with van der Waals surface area (Å²) in [5.74, 6) is -0.462. The van der Waals surface area contributed by atoms with E-state index in [-0.39, 0.29) is 31.2 Å². The third-order valence-electron chi connectivity index (χ3n) is 6.33. The highest BCUT2D eigenvalue weighted by Crippen LogP contribution is 2.32. The van der Waals surface area contributed by atoms with Gasteiger partial charge < -0.3 is 19.7 Å². The SMILES string of the molecule is CCOC(=O)C1=C(CN2CCN(C(=O)COC)C(C)C2)N(CC)C(=O)NC1c1ccc(C)cc1. The number of benzene rings is 1. The molecule has 34 heavy (non-hydrogen) atoms. The number of nitrogens with zero attached hydrogens (tertiary/aromatic N) is 3. The lowest BCUT2D eigenvalue weighted by molar-refractivity contribution is -0.139. The summed E-state index contributed by atoms with van der Waals surface area (Å²) >= 11 is 0. The maximum Gasteiger partial charge on any atom is 0.338 e. The van der Waals surface area contributed by atoms with E-state index >= 15 is 0 Å². The maximum absolute atomic E-state index is 13.2. The monoisotopic (exact) mass is 472 g/mol. The van der Waals surface area contributed by atoms with Crippen LogP contribution in [0.15, 0.2) is 35.5 Å². The molecule has 9 nitrogen and oxygen atoms in total. The van der Waals surface area contributed by atoms with Gasteiger partial charge in [-0.2, -0.15) is 0 Å². The average molecular weight is 473 g/mol. The zero-order valence-corrected chi connectivity index (χ0v) is 20.8. The molecule has 3 rings (SSSR count). The minimum Gasteiger partial charge on any atom is -0.463 e. The summed E-state index contributed by atoms with van der Waals surface area (Å²) in [5, 5.41) is 3.00. The first-order chi connectivity index (χ1) is 16.3. The smallest absolute Gasteiger partial charge is 0.338 e. The van der Waals surface area contributed by atoms with Gasteiger partial charge in [-0.1, -0.05) is 29.8 Å². The number of likely N-dealkylation sites (N-methyl/N-ethyl adjacent to an activating group) is 1. The van der Waals surface area contributed by atoms with Crippen LogP contribution < -0.4 is 5.32 Å². The molecule has 1 N–H and O–H groups in total. The Morgan fingerprint density at radius 2 is 1.85 bits per heavy atom. The van der Waals surface area contributed by atoms with Crippen molar-refractivity contribution < 1.29 is 23.9 Å². The first-order valence-electron chi connectivity index (χ1n) is 11.9. The second kappa shape index (κ2) is 11.5. The normalized spacial score (nSPS) is 21.5. The van der Waals surface area contributed by atoms with Crippen molar-refractivity contribution in [3.8, 4) is 0 Å². The van der Waals surface area contributed by atoms with Gasteiger partial charge >= 0.3 is 12.0 Å². The van der Waals surface area contributed by atoms with Crippen molar-refractivity contribution >= 4 is 17.9 Å². The van der Waals surface area contributed by atoms with E-state index in [1.807, 2.05) is 49.9 Å². The van der Waals surface area contributed by atoms with Crippen LogP contribution in [-0.4, -0.2) is 91.7 Å². The van der Waals surface area contributed by atoms with Crippen LogP contribution in [0.5, 0.6) is 0 Å². The fourth-order valence-corrected chi connectivity index (χ4v) is 4.63. The molecular formula is C25H36N4O5. The molecule has 2 heterocycles. The fraction of sp³-hybridized carbons (Fsp3) is 0.560. The molecule has 3 amide bonds. The molecule has 9 heteroatoms. The Hall–Kier alpha value is -2.91. The summed E-state index contributed by atoms with van der Waals surface area (Å²) in [6, 6.07) is 6.96. The molecule has 1 saturated heterocycles. The van der Waals surface area contributed by atoms with Crippen LogP contribution in [-0.2, 0) is 19.1 Å². The Balaban J connectivity index is 1.95. The highest BCUT2D eigenvalue weighted by Gasteiger charge is 2.39. The van der Waals surface area contributed by atoms with E-state index in [9.17, 15) is 14.4 Å². The van der Waals surface area contributed by atoms with Gasteiger partial charge in [0.2, 0.25) is 5.91 Å². The first kappa shape index (κ1) is 25.7. The van der Waals surface area contributed by atoms with Crippen molar-refractivity contribution in [2.75, 3.05) is 53.0 Å². The number of nitrogens with one attached hydrogen (secondary N) is 1. The number of piperazine rings is 1. The number of aryl methyl sites for hydroxylation is 1. The maximum atomic E-state index is 13.2. The molecule has 0 aliphatic carbocycles. The first-order valence-corrected chi connectivity index (χ1v) is 11.9. The van der Waals surface area contributed by atoms with Gasteiger partial charge in [-0.15, -0.1) is 0 Å². The van der Waals surface area contributed by atoms with E-state index in [1.165, 1.54) is 7.11 Å². The van der Waals surface area contributed by atoms with E-state index in [0.29, 0.717) is 44.0 Å². The van der Waals surface area contributed by atoms with Crippen molar-refractivity contribution in [2.45, 2.75) is 39.8 Å². The lowest BCUT2D eigenvalue weighted by atomic mass is 9.93. The number of ether oxygens (including phenoxy) is 2. The Bertz CT molecular complexity index is 930. The lowest BCUT2D eigenvalue weighted by Gasteiger charge is -2.42. The summed E-state index contributed by atoms with van der Waals surface area (Å²) < 4.78 is 10.4. The number of carbonyl (C=O) groups is 3. The molecule has 1 fully saturated rings. The average Bonchev–Trinajstić information content (AvgIpc) is 2.79. The Labute approximate surface area is 201 Å². The van der Waals surface area contributed by atoms with Gasteiger partial charge in [0.15, 0.2) is 0 Å². The molecule has 2 aliphatic heterocycles. The Kier molecular flexibility index (Phi) is 8.68. The molecule has 1 aromatic rings. The third kappa shape index (κ3) is 5.59. The fourth-order valence-electron chi connectivity index (χ4n) is 4.63. The van der Waals surface area contributed by atoms with Gasteiger partial charge in [-0.3, -0.25) is 14.6 Å². The Morgan fingerprint density at radius 3 is 2.44 bits per heavy atom. The van der Waals surface area contributed by atoms with Gasteiger partial charge in [-0.05, 0) is 33.3 Å². The quantitative estimate of drug-likeness (QED) is 0.583. The van der Waals surface area contributed by atoms with Gasteiger partial charge in [0.1, 0.15) is 6.61 Å². The van der Waals surface area contributed by atoms with Gasteiger partial charge in [0.05, 0.1) is 18.2 Å². The minimum atomic E-state index is -0.591. The highest BCUT2D eigenvalue weighted by molar-refractivity contribution is 5.95.